The molecule has 0 saturated carbocycles. The van der Waals surface area contributed by atoms with Crippen molar-refractivity contribution in [2.45, 2.75) is 25.9 Å². The van der Waals surface area contributed by atoms with Crippen molar-refractivity contribution in [1.82, 2.24) is 25.5 Å². The average molecular weight is 275 g/mol. The molecule has 1 aromatic heterocycles. The normalized spacial score (nSPS) is 11.9. The second-order valence-corrected chi connectivity index (χ2v) is 4.31. The third kappa shape index (κ3) is 3.53. The molecule has 0 aliphatic rings. The van der Waals surface area contributed by atoms with Crippen LogP contribution in [0.25, 0.3) is 0 Å². The van der Waals surface area contributed by atoms with Crippen molar-refractivity contribution in [2.24, 2.45) is 0 Å². The molecule has 0 bridgehead atoms. The van der Waals surface area contributed by atoms with Crippen molar-refractivity contribution in [1.29, 1.82) is 0 Å². The van der Waals surface area contributed by atoms with E-state index in [0.717, 1.165) is 17.7 Å². The number of carbonyl (C=O) groups excluding carboxylic acids is 1. The maximum atomic E-state index is 11.9. The van der Waals surface area contributed by atoms with Crippen LogP contribution in [0.15, 0.2) is 30.6 Å². The summed E-state index contributed by atoms with van der Waals surface area (Å²) in [7, 11) is 1.63. The summed E-state index contributed by atoms with van der Waals surface area (Å²) in [6, 6.07) is 7.62. The maximum Gasteiger partial charge on any atom is 0.242 e. The second-order valence-electron chi connectivity index (χ2n) is 4.31. The number of carbonyl (C=O) groups is 1. The Hall–Kier alpha value is -2.44. The first-order valence-electron chi connectivity index (χ1n) is 6.37. The number of nitrogens with one attached hydrogen (secondary N) is 1. The quantitative estimate of drug-likeness (QED) is 0.848. The van der Waals surface area contributed by atoms with Gasteiger partial charge in [0.1, 0.15) is 18.6 Å². The molecule has 2 rings (SSSR count). The van der Waals surface area contributed by atoms with Crippen LogP contribution in [-0.2, 0) is 11.3 Å². The van der Waals surface area contributed by atoms with Crippen LogP contribution < -0.4 is 10.1 Å². The van der Waals surface area contributed by atoms with E-state index >= 15 is 0 Å². The number of methoxy groups -OCH3 is 1. The van der Waals surface area contributed by atoms with Crippen LogP contribution in [-0.4, -0.2) is 33.2 Å². The first-order chi connectivity index (χ1) is 9.72. The van der Waals surface area contributed by atoms with Crippen LogP contribution in [0.1, 0.15) is 24.9 Å². The van der Waals surface area contributed by atoms with Gasteiger partial charge in [-0.3, -0.25) is 4.79 Å². The summed E-state index contributed by atoms with van der Waals surface area (Å²) >= 11 is 0. The standard InChI is InChI=1S/C13H17N5O2/c1-3-12(10-4-6-11(20-2)7-5-10)15-13(19)8-18-9-14-16-17-18/h4-7,9,12H,3,8H2,1-2H3,(H,15,19). The van der Waals surface area contributed by atoms with Crippen molar-refractivity contribution < 1.29 is 9.53 Å². The highest BCUT2D eigenvalue weighted by Gasteiger charge is 2.13. The Kier molecular flexibility index (Phi) is 4.65. The molecule has 0 fully saturated rings. The zero-order valence-electron chi connectivity index (χ0n) is 11.5. The molecule has 0 aliphatic carbocycles. The lowest BCUT2D eigenvalue weighted by Crippen LogP contribution is -2.31. The molecule has 1 amide bonds. The van der Waals surface area contributed by atoms with Crippen molar-refractivity contribution >= 4 is 5.91 Å². The zero-order valence-corrected chi connectivity index (χ0v) is 11.5. The Bertz CT molecular complexity index is 538. The summed E-state index contributed by atoms with van der Waals surface area (Å²) in [5.41, 5.74) is 1.04. The van der Waals surface area contributed by atoms with Gasteiger partial charge >= 0.3 is 0 Å². The molecule has 1 atom stereocenters. The lowest BCUT2D eigenvalue weighted by molar-refractivity contribution is -0.122. The monoisotopic (exact) mass is 275 g/mol. The van der Waals surface area contributed by atoms with Crippen molar-refractivity contribution in [3.63, 3.8) is 0 Å². The molecule has 1 N–H and O–H groups in total. The molecule has 1 aromatic carbocycles. The molecule has 7 nitrogen and oxygen atoms in total. The number of benzene rings is 1. The SMILES string of the molecule is CCC(NC(=O)Cn1cnnn1)c1ccc(OC)cc1. The van der Waals surface area contributed by atoms with Gasteiger partial charge in [0.15, 0.2) is 0 Å². The Labute approximate surface area is 116 Å². The first-order valence-corrected chi connectivity index (χ1v) is 6.37. The van der Waals surface area contributed by atoms with E-state index < -0.39 is 0 Å². The van der Waals surface area contributed by atoms with Gasteiger partial charge < -0.3 is 10.1 Å². The van der Waals surface area contributed by atoms with Gasteiger partial charge in [0.05, 0.1) is 13.2 Å². The van der Waals surface area contributed by atoms with E-state index in [1.807, 2.05) is 31.2 Å². The molecular weight excluding hydrogens is 258 g/mol. The van der Waals surface area contributed by atoms with Crippen LogP contribution in [0.5, 0.6) is 5.75 Å². The summed E-state index contributed by atoms with van der Waals surface area (Å²) < 4.78 is 6.51. The molecule has 20 heavy (non-hydrogen) atoms. The number of amides is 1. The lowest BCUT2D eigenvalue weighted by Gasteiger charge is -2.17. The first kappa shape index (κ1) is 14.0. The molecular formula is C13H17N5O2. The summed E-state index contributed by atoms with van der Waals surface area (Å²) in [5, 5.41) is 13.6. The van der Waals surface area contributed by atoms with Crippen molar-refractivity contribution in [2.75, 3.05) is 7.11 Å². The van der Waals surface area contributed by atoms with E-state index in [9.17, 15) is 4.79 Å². The fourth-order valence-electron chi connectivity index (χ4n) is 1.90. The summed E-state index contributed by atoms with van der Waals surface area (Å²) in [5.74, 6) is 0.670. The average Bonchev–Trinajstić information content (AvgIpc) is 2.97. The number of nitrogens with zero attached hydrogens (tertiary/aromatic N) is 4. The van der Waals surface area contributed by atoms with E-state index in [0.29, 0.717) is 0 Å². The largest absolute Gasteiger partial charge is 0.497 e. The van der Waals surface area contributed by atoms with Gasteiger partial charge in [-0.05, 0) is 34.5 Å². The third-order valence-electron chi connectivity index (χ3n) is 2.96. The van der Waals surface area contributed by atoms with Gasteiger partial charge in [0, 0.05) is 0 Å². The number of hydrogen-bond donors (Lipinski definition) is 1. The Morgan fingerprint density at radius 1 is 1.40 bits per heavy atom. The highest BCUT2D eigenvalue weighted by molar-refractivity contribution is 5.76. The van der Waals surface area contributed by atoms with E-state index in [2.05, 4.69) is 20.8 Å². The molecule has 0 aliphatic heterocycles. The predicted octanol–water partition coefficient (Wildman–Crippen LogP) is 0.949. The smallest absolute Gasteiger partial charge is 0.242 e. The molecule has 0 saturated heterocycles. The Morgan fingerprint density at radius 2 is 2.15 bits per heavy atom. The lowest BCUT2D eigenvalue weighted by atomic mass is 10.0. The van der Waals surface area contributed by atoms with Gasteiger partial charge in [-0.2, -0.15) is 0 Å². The number of ether oxygens (including phenoxy) is 1. The summed E-state index contributed by atoms with van der Waals surface area (Å²) in [6.07, 6.45) is 2.21. The minimum absolute atomic E-state index is 0.0371. The molecule has 7 heteroatoms. The number of hydrogen-bond acceptors (Lipinski definition) is 5. The summed E-state index contributed by atoms with van der Waals surface area (Å²) in [4.78, 5) is 11.9. The van der Waals surface area contributed by atoms with E-state index in [1.54, 1.807) is 7.11 Å². The van der Waals surface area contributed by atoms with Crippen molar-refractivity contribution in [3.05, 3.63) is 36.2 Å². The van der Waals surface area contributed by atoms with Crippen molar-refractivity contribution in [3.8, 4) is 5.75 Å². The minimum Gasteiger partial charge on any atom is -0.497 e. The van der Waals surface area contributed by atoms with E-state index in [1.165, 1.54) is 11.0 Å². The highest BCUT2D eigenvalue weighted by Crippen LogP contribution is 2.19. The van der Waals surface area contributed by atoms with Crippen LogP contribution in [0.2, 0.25) is 0 Å². The highest BCUT2D eigenvalue weighted by atomic mass is 16.5. The molecule has 0 spiro atoms. The molecule has 106 valence electrons. The number of rotatable bonds is 6. The Balaban J connectivity index is 1.98. The third-order valence-corrected chi connectivity index (χ3v) is 2.96. The van der Waals surface area contributed by atoms with E-state index in [4.69, 9.17) is 4.74 Å². The fourth-order valence-corrected chi connectivity index (χ4v) is 1.90. The van der Waals surface area contributed by atoms with Gasteiger partial charge in [0.25, 0.3) is 0 Å². The van der Waals surface area contributed by atoms with Gasteiger partial charge in [-0.1, -0.05) is 19.1 Å². The summed E-state index contributed by atoms with van der Waals surface area (Å²) in [6.45, 7) is 2.13. The molecule has 0 radical (unpaired) electrons. The molecule has 2 aromatic rings. The number of aromatic nitrogens is 4. The van der Waals surface area contributed by atoms with Crippen LogP contribution in [0, 0.1) is 0 Å². The van der Waals surface area contributed by atoms with E-state index in [-0.39, 0.29) is 18.5 Å². The minimum atomic E-state index is -0.125. The van der Waals surface area contributed by atoms with Crippen LogP contribution in [0.4, 0.5) is 0 Å². The van der Waals surface area contributed by atoms with Gasteiger partial charge in [0.2, 0.25) is 5.91 Å². The van der Waals surface area contributed by atoms with Gasteiger partial charge in [-0.15, -0.1) is 5.10 Å². The number of tetrazole rings is 1. The van der Waals surface area contributed by atoms with Gasteiger partial charge in [-0.25, -0.2) is 4.68 Å². The van der Waals surface area contributed by atoms with Crippen LogP contribution in [0.3, 0.4) is 0 Å². The van der Waals surface area contributed by atoms with Crippen LogP contribution >= 0.6 is 0 Å². The Morgan fingerprint density at radius 3 is 2.70 bits per heavy atom. The molecule has 1 unspecified atom stereocenters. The maximum absolute atomic E-state index is 11.9. The fraction of sp³-hybridized carbons (Fsp3) is 0.385. The topological polar surface area (TPSA) is 81.9 Å². The molecule has 1 heterocycles. The second kappa shape index (κ2) is 6.65. The predicted molar refractivity (Wildman–Crippen MR) is 72.0 cm³/mol. The zero-order chi connectivity index (χ0) is 14.4.